The molecule has 0 aromatic heterocycles. The Labute approximate surface area is 142 Å². The number of rotatable bonds is 4. The number of benzene rings is 1. The molecule has 1 aromatic rings. The van der Waals surface area contributed by atoms with Crippen molar-refractivity contribution in [2.45, 2.75) is 52.4 Å². The van der Waals surface area contributed by atoms with E-state index in [4.69, 9.17) is 4.74 Å². The van der Waals surface area contributed by atoms with Crippen LogP contribution in [0, 0.1) is 12.8 Å². The van der Waals surface area contributed by atoms with Crippen molar-refractivity contribution in [3.8, 4) is 0 Å². The van der Waals surface area contributed by atoms with Crippen LogP contribution in [0.25, 0.3) is 0 Å². The molecule has 1 heterocycles. The van der Waals surface area contributed by atoms with E-state index < -0.39 is 10.0 Å². The third-order valence-electron chi connectivity index (χ3n) is 3.60. The Morgan fingerprint density at radius 2 is 1.78 bits per heavy atom. The lowest BCUT2D eigenvalue weighted by atomic mass is 10.0. The Kier molecular flexibility index (Phi) is 11.1. The van der Waals surface area contributed by atoms with Gasteiger partial charge in [0.05, 0.1) is 11.5 Å². The van der Waals surface area contributed by atoms with Crippen molar-refractivity contribution in [1.82, 2.24) is 4.31 Å². The highest BCUT2D eigenvalue weighted by Gasteiger charge is 2.30. The van der Waals surface area contributed by atoms with Gasteiger partial charge in [-0.3, -0.25) is 0 Å². The van der Waals surface area contributed by atoms with E-state index in [1.54, 1.807) is 23.5 Å². The summed E-state index contributed by atoms with van der Waals surface area (Å²) >= 11 is 0. The van der Waals surface area contributed by atoms with Crippen LogP contribution in [-0.2, 0) is 14.8 Å². The van der Waals surface area contributed by atoms with Gasteiger partial charge in [-0.1, -0.05) is 45.9 Å². The fourth-order valence-corrected chi connectivity index (χ4v) is 4.38. The van der Waals surface area contributed by atoms with Crippen molar-refractivity contribution in [3.05, 3.63) is 29.8 Å². The van der Waals surface area contributed by atoms with E-state index in [2.05, 4.69) is 0 Å². The number of nitrogens with zero attached hydrogens (tertiary/aromatic N) is 1. The average molecular weight is 344 g/mol. The van der Waals surface area contributed by atoms with Gasteiger partial charge < -0.3 is 4.74 Å². The number of methoxy groups -OCH3 is 1. The zero-order chi connectivity index (χ0) is 17.9. The number of aryl methyl sites for hydroxylation is 1. The molecule has 0 N–H and O–H groups in total. The predicted molar refractivity (Wildman–Crippen MR) is 97.2 cm³/mol. The molecule has 5 heteroatoms. The monoisotopic (exact) mass is 343 g/mol. The molecule has 1 aliphatic heterocycles. The van der Waals surface area contributed by atoms with Gasteiger partial charge in [-0.15, -0.1) is 0 Å². The van der Waals surface area contributed by atoms with Crippen LogP contribution in [0.4, 0.5) is 0 Å². The molecule has 0 radical (unpaired) electrons. The van der Waals surface area contributed by atoms with Gasteiger partial charge in [0.25, 0.3) is 0 Å². The van der Waals surface area contributed by atoms with Gasteiger partial charge in [0.15, 0.2) is 0 Å². The summed E-state index contributed by atoms with van der Waals surface area (Å²) in [5.74, 6) is 0.303. The Morgan fingerprint density at radius 1 is 1.17 bits per heavy atom. The first-order valence-corrected chi connectivity index (χ1v) is 10.0. The number of sulfonamides is 1. The fraction of sp³-hybridized carbons (Fsp3) is 0.667. The summed E-state index contributed by atoms with van der Waals surface area (Å²) in [5.41, 5.74) is 0.802. The summed E-state index contributed by atoms with van der Waals surface area (Å²) in [4.78, 5) is 0.424. The lowest BCUT2D eigenvalue weighted by Gasteiger charge is -2.31. The van der Waals surface area contributed by atoms with Crippen molar-refractivity contribution in [3.63, 3.8) is 0 Å². The van der Waals surface area contributed by atoms with Gasteiger partial charge in [-0.25, -0.2) is 8.42 Å². The van der Waals surface area contributed by atoms with Crippen molar-refractivity contribution in [2.75, 3.05) is 26.8 Å². The maximum Gasteiger partial charge on any atom is 0.243 e. The molecule has 134 valence electrons. The predicted octanol–water partition coefficient (Wildman–Crippen LogP) is 4.09. The number of hydrogen-bond donors (Lipinski definition) is 0. The van der Waals surface area contributed by atoms with Crippen molar-refractivity contribution >= 4 is 10.0 Å². The molecule has 23 heavy (non-hydrogen) atoms. The van der Waals surface area contributed by atoms with E-state index in [1.165, 1.54) is 0 Å². The third kappa shape index (κ3) is 6.24. The van der Waals surface area contributed by atoms with Gasteiger partial charge in [0.1, 0.15) is 0 Å². The third-order valence-corrected chi connectivity index (χ3v) is 5.62. The van der Waals surface area contributed by atoms with Crippen molar-refractivity contribution in [1.29, 1.82) is 0 Å². The topological polar surface area (TPSA) is 46.6 Å². The molecule has 0 aliphatic carbocycles. The second kappa shape index (κ2) is 11.6. The number of ether oxygens (including phenoxy) is 1. The largest absolute Gasteiger partial charge is 0.384 e. The Hall–Kier alpha value is -0.910. The van der Waals surface area contributed by atoms with Gasteiger partial charge in [-0.2, -0.15) is 4.31 Å². The van der Waals surface area contributed by atoms with Crippen LogP contribution in [0.5, 0.6) is 0 Å². The van der Waals surface area contributed by atoms with Crippen molar-refractivity contribution < 1.29 is 13.2 Å². The molecule has 0 spiro atoms. The molecule has 0 bridgehead atoms. The Morgan fingerprint density at radius 3 is 2.35 bits per heavy atom. The molecule has 1 atom stereocenters. The molecule has 1 aliphatic rings. The van der Waals surface area contributed by atoms with E-state index in [-0.39, 0.29) is 0 Å². The Balaban J connectivity index is 0.00000112. The minimum absolute atomic E-state index is 0.303. The lowest BCUT2D eigenvalue weighted by Crippen LogP contribution is -2.41. The molecule has 2 rings (SSSR count). The highest BCUT2D eigenvalue weighted by atomic mass is 32.2. The zero-order valence-electron chi connectivity index (χ0n) is 15.5. The summed E-state index contributed by atoms with van der Waals surface area (Å²) in [6, 6.07) is 7.16. The van der Waals surface area contributed by atoms with Gasteiger partial charge in [0, 0.05) is 20.2 Å². The first-order valence-electron chi connectivity index (χ1n) is 8.60. The molecule has 1 aromatic carbocycles. The van der Waals surface area contributed by atoms with E-state index in [0.717, 1.165) is 18.4 Å². The molecular weight excluding hydrogens is 310 g/mol. The zero-order valence-corrected chi connectivity index (χ0v) is 16.3. The van der Waals surface area contributed by atoms with Crippen molar-refractivity contribution in [2.24, 2.45) is 5.92 Å². The van der Waals surface area contributed by atoms with Gasteiger partial charge in [-0.05, 0) is 37.3 Å². The molecule has 1 fully saturated rings. The first kappa shape index (κ1) is 22.1. The van der Waals surface area contributed by atoms with E-state index in [1.807, 2.05) is 46.8 Å². The quantitative estimate of drug-likeness (QED) is 0.827. The minimum atomic E-state index is -3.37. The van der Waals surface area contributed by atoms with E-state index in [9.17, 15) is 8.42 Å². The van der Waals surface area contributed by atoms with Gasteiger partial charge in [0.2, 0.25) is 10.0 Å². The number of hydrogen-bond acceptors (Lipinski definition) is 3. The first-order chi connectivity index (χ1) is 11.1. The second-order valence-corrected chi connectivity index (χ2v) is 7.00. The normalized spacial score (nSPS) is 18.3. The minimum Gasteiger partial charge on any atom is -0.384 e. The lowest BCUT2D eigenvalue weighted by molar-refractivity contribution is 0.118. The van der Waals surface area contributed by atoms with E-state index in [0.29, 0.717) is 30.5 Å². The van der Waals surface area contributed by atoms with Crippen LogP contribution in [0.1, 0.15) is 46.1 Å². The molecular formula is C18H33NO3S. The Bertz CT molecular complexity index is 527. The maximum absolute atomic E-state index is 12.6. The smallest absolute Gasteiger partial charge is 0.243 e. The summed E-state index contributed by atoms with van der Waals surface area (Å²) in [7, 11) is -1.70. The molecule has 4 nitrogen and oxygen atoms in total. The average Bonchev–Trinajstić information content (AvgIpc) is 2.59. The number of piperidine rings is 1. The van der Waals surface area contributed by atoms with Crippen LogP contribution in [-0.4, -0.2) is 39.5 Å². The van der Waals surface area contributed by atoms with Crippen LogP contribution in [0.3, 0.4) is 0 Å². The molecule has 0 saturated carbocycles. The fourth-order valence-electron chi connectivity index (χ4n) is 2.60. The van der Waals surface area contributed by atoms with Crippen LogP contribution in [0.15, 0.2) is 29.2 Å². The summed E-state index contributed by atoms with van der Waals surface area (Å²) < 4.78 is 32.0. The molecule has 0 amide bonds. The highest BCUT2D eigenvalue weighted by molar-refractivity contribution is 7.89. The standard InChI is InChI=1S/C14H21NO3S.2C2H6/c1-12-6-3-4-8-14(12)19(16,17)15-9-5-7-13(10-15)11-18-2;2*1-2/h3-4,6,8,13H,5,7,9-11H2,1-2H3;2*1-2H3. The molecule has 1 saturated heterocycles. The van der Waals surface area contributed by atoms with Gasteiger partial charge >= 0.3 is 0 Å². The summed E-state index contributed by atoms with van der Waals surface area (Å²) in [6.45, 7) is 11.6. The molecule has 1 unspecified atom stereocenters. The highest BCUT2D eigenvalue weighted by Crippen LogP contribution is 2.25. The SMILES string of the molecule is CC.CC.COCC1CCCN(S(=O)(=O)c2ccccc2C)C1. The van der Waals surface area contributed by atoms with Crippen LogP contribution < -0.4 is 0 Å². The van der Waals surface area contributed by atoms with Crippen LogP contribution in [0.2, 0.25) is 0 Å². The summed E-state index contributed by atoms with van der Waals surface area (Å²) in [6.07, 6.45) is 1.94. The van der Waals surface area contributed by atoms with Crippen LogP contribution >= 0.6 is 0 Å². The van der Waals surface area contributed by atoms with E-state index >= 15 is 0 Å². The second-order valence-electron chi connectivity index (χ2n) is 5.09. The maximum atomic E-state index is 12.6. The summed E-state index contributed by atoms with van der Waals surface area (Å²) in [5, 5.41) is 0.